The topological polar surface area (TPSA) is 49.8 Å². The van der Waals surface area contributed by atoms with Gasteiger partial charge in [0.1, 0.15) is 6.10 Å². The summed E-state index contributed by atoms with van der Waals surface area (Å²) in [4.78, 5) is 14.4. The van der Waals surface area contributed by atoms with E-state index in [1.807, 2.05) is 32.0 Å². The summed E-state index contributed by atoms with van der Waals surface area (Å²) in [6.07, 6.45) is 0.935. The maximum atomic E-state index is 12.6. The number of nitrogens with zero attached hydrogens (tertiary/aromatic N) is 1. The summed E-state index contributed by atoms with van der Waals surface area (Å²) >= 11 is 0. The number of benzene rings is 1. The zero-order chi connectivity index (χ0) is 15.0. The number of rotatable bonds is 2. The monoisotopic (exact) mass is 289 g/mol. The van der Waals surface area contributed by atoms with Crippen LogP contribution in [0, 0.1) is 5.92 Å². The third kappa shape index (κ3) is 2.36. The van der Waals surface area contributed by atoms with Gasteiger partial charge < -0.3 is 14.7 Å². The molecule has 1 fully saturated rings. The van der Waals surface area contributed by atoms with E-state index in [1.165, 1.54) is 5.56 Å². The summed E-state index contributed by atoms with van der Waals surface area (Å²) in [5.74, 6) is -0.253. The highest BCUT2D eigenvalue weighted by atomic mass is 16.5. The first-order chi connectivity index (χ1) is 10.1. The number of aliphatic hydroxyl groups is 1. The largest absolute Gasteiger partial charge is 0.383 e. The molecule has 2 heterocycles. The standard InChI is InChI=1S/C17H23NO3/c1-12(2)15(19)16(20)18-11-17(7-9-21-10-8-17)13-5-3-4-6-14(13)18/h3-6,12,15,19H,7-11H2,1-2H3/t15-/m1/s1. The molecule has 2 aliphatic heterocycles. The second-order valence-electron chi connectivity index (χ2n) is 6.52. The van der Waals surface area contributed by atoms with Crippen LogP contribution < -0.4 is 4.90 Å². The normalized spacial score (nSPS) is 21.6. The zero-order valence-corrected chi connectivity index (χ0v) is 12.7. The second-order valence-corrected chi connectivity index (χ2v) is 6.52. The molecule has 0 aliphatic carbocycles. The molecule has 4 nitrogen and oxygen atoms in total. The lowest BCUT2D eigenvalue weighted by molar-refractivity contribution is -0.128. The molecule has 1 atom stereocenters. The van der Waals surface area contributed by atoms with E-state index in [0.717, 1.165) is 31.7 Å². The van der Waals surface area contributed by atoms with Crippen LogP contribution in [-0.4, -0.2) is 36.9 Å². The Bertz CT molecular complexity index is 535. The Balaban J connectivity index is 1.96. The van der Waals surface area contributed by atoms with E-state index in [0.29, 0.717) is 6.54 Å². The van der Waals surface area contributed by atoms with Crippen molar-refractivity contribution in [3.8, 4) is 0 Å². The molecule has 0 unspecified atom stereocenters. The number of hydrogen-bond donors (Lipinski definition) is 1. The van der Waals surface area contributed by atoms with Gasteiger partial charge in [0.05, 0.1) is 0 Å². The third-order valence-electron chi connectivity index (χ3n) is 4.83. The first kappa shape index (κ1) is 14.5. The summed E-state index contributed by atoms with van der Waals surface area (Å²) in [6, 6.07) is 8.10. The van der Waals surface area contributed by atoms with Gasteiger partial charge in [0, 0.05) is 30.9 Å². The smallest absolute Gasteiger partial charge is 0.256 e. The quantitative estimate of drug-likeness (QED) is 0.907. The maximum absolute atomic E-state index is 12.6. The Labute approximate surface area is 125 Å². The van der Waals surface area contributed by atoms with E-state index in [4.69, 9.17) is 4.74 Å². The van der Waals surface area contributed by atoms with Crippen LogP contribution in [0.25, 0.3) is 0 Å². The Kier molecular flexibility index (Phi) is 3.76. The molecule has 3 rings (SSSR count). The molecule has 1 aromatic carbocycles. The summed E-state index contributed by atoms with van der Waals surface area (Å²) in [6.45, 7) is 5.88. The lowest BCUT2D eigenvalue weighted by Gasteiger charge is -2.34. The molecule has 1 amide bonds. The molecule has 1 N–H and O–H groups in total. The molecule has 1 aromatic rings. The van der Waals surface area contributed by atoms with Crippen molar-refractivity contribution in [3.63, 3.8) is 0 Å². The Morgan fingerprint density at radius 3 is 2.62 bits per heavy atom. The van der Waals surface area contributed by atoms with Gasteiger partial charge in [-0.05, 0) is 30.4 Å². The summed E-state index contributed by atoms with van der Waals surface area (Å²) in [7, 11) is 0. The number of carbonyl (C=O) groups is 1. The molecular weight excluding hydrogens is 266 g/mol. The molecule has 114 valence electrons. The highest BCUT2D eigenvalue weighted by molar-refractivity contribution is 5.99. The van der Waals surface area contributed by atoms with E-state index < -0.39 is 6.10 Å². The maximum Gasteiger partial charge on any atom is 0.256 e. The van der Waals surface area contributed by atoms with E-state index in [2.05, 4.69) is 6.07 Å². The molecule has 0 aromatic heterocycles. The predicted molar refractivity (Wildman–Crippen MR) is 81.4 cm³/mol. The number of ether oxygens (including phenoxy) is 1. The van der Waals surface area contributed by atoms with Crippen molar-refractivity contribution in [1.29, 1.82) is 0 Å². The molecule has 2 aliphatic rings. The van der Waals surface area contributed by atoms with E-state index in [1.54, 1.807) is 4.90 Å². The van der Waals surface area contributed by atoms with Crippen LogP contribution in [0.3, 0.4) is 0 Å². The molecule has 0 saturated carbocycles. The fourth-order valence-electron chi connectivity index (χ4n) is 3.46. The lowest BCUT2D eigenvalue weighted by Crippen LogP contribution is -2.45. The van der Waals surface area contributed by atoms with Crippen molar-refractivity contribution in [1.82, 2.24) is 0 Å². The summed E-state index contributed by atoms with van der Waals surface area (Å²) < 4.78 is 5.50. The third-order valence-corrected chi connectivity index (χ3v) is 4.83. The SMILES string of the molecule is CC(C)[C@@H](O)C(=O)N1CC2(CCOCC2)c2ccccc21. The van der Waals surface area contributed by atoms with E-state index in [-0.39, 0.29) is 17.2 Å². The van der Waals surface area contributed by atoms with Gasteiger partial charge in [0.2, 0.25) is 0 Å². The van der Waals surface area contributed by atoms with Crippen LogP contribution in [0.5, 0.6) is 0 Å². The molecule has 1 saturated heterocycles. The Morgan fingerprint density at radius 1 is 1.29 bits per heavy atom. The van der Waals surface area contributed by atoms with Crippen molar-refractivity contribution in [2.24, 2.45) is 5.92 Å². The van der Waals surface area contributed by atoms with E-state index in [9.17, 15) is 9.90 Å². The number of hydrogen-bond acceptors (Lipinski definition) is 3. The van der Waals surface area contributed by atoms with Crippen LogP contribution in [-0.2, 0) is 14.9 Å². The van der Waals surface area contributed by atoms with Gasteiger partial charge in [-0.3, -0.25) is 4.79 Å². The van der Waals surface area contributed by atoms with Crippen LogP contribution in [0.4, 0.5) is 5.69 Å². The number of carbonyl (C=O) groups excluding carboxylic acids is 1. The first-order valence-corrected chi connectivity index (χ1v) is 7.72. The molecule has 0 radical (unpaired) electrons. The van der Waals surface area contributed by atoms with Gasteiger partial charge in [-0.2, -0.15) is 0 Å². The average molecular weight is 289 g/mol. The minimum Gasteiger partial charge on any atom is -0.383 e. The van der Waals surface area contributed by atoms with E-state index >= 15 is 0 Å². The summed E-state index contributed by atoms with van der Waals surface area (Å²) in [5.41, 5.74) is 2.20. The Hall–Kier alpha value is -1.39. The lowest BCUT2D eigenvalue weighted by atomic mass is 9.76. The summed E-state index contributed by atoms with van der Waals surface area (Å²) in [5, 5.41) is 10.2. The molecular formula is C17H23NO3. The first-order valence-electron chi connectivity index (χ1n) is 7.72. The predicted octanol–water partition coefficient (Wildman–Crippen LogP) is 2.10. The number of para-hydroxylation sites is 1. The van der Waals surface area contributed by atoms with Crippen molar-refractivity contribution in [2.75, 3.05) is 24.7 Å². The van der Waals surface area contributed by atoms with Crippen molar-refractivity contribution in [3.05, 3.63) is 29.8 Å². The van der Waals surface area contributed by atoms with Crippen LogP contribution in [0.15, 0.2) is 24.3 Å². The van der Waals surface area contributed by atoms with Crippen LogP contribution in [0.1, 0.15) is 32.3 Å². The Morgan fingerprint density at radius 2 is 1.95 bits per heavy atom. The van der Waals surface area contributed by atoms with Crippen molar-refractivity contribution >= 4 is 11.6 Å². The van der Waals surface area contributed by atoms with Gasteiger partial charge in [0.15, 0.2) is 0 Å². The fourth-order valence-corrected chi connectivity index (χ4v) is 3.46. The second kappa shape index (κ2) is 5.43. The van der Waals surface area contributed by atoms with Gasteiger partial charge in [-0.1, -0.05) is 32.0 Å². The van der Waals surface area contributed by atoms with Crippen LogP contribution >= 0.6 is 0 Å². The molecule has 1 spiro atoms. The number of aliphatic hydroxyl groups excluding tert-OH is 1. The van der Waals surface area contributed by atoms with Crippen molar-refractivity contribution < 1.29 is 14.6 Å². The van der Waals surface area contributed by atoms with Crippen LogP contribution in [0.2, 0.25) is 0 Å². The number of anilines is 1. The highest BCUT2D eigenvalue weighted by Crippen LogP contribution is 2.46. The van der Waals surface area contributed by atoms with Crippen molar-refractivity contribution in [2.45, 2.75) is 38.2 Å². The minimum absolute atomic E-state index is 0.00119. The van der Waals surface area contributed by atoms with Gasteiger partial charge in [-0.25, -0.2) is 0 Å². The number of fused-ring (bicyclic) bond motifs is 2. The fraction of sp³-hybridized carbons (Fsp3) is 0.588. The molecule has 21 heavy (non-hydrogen) atoms. The molecule has 4 heteroatoms. The number of amides is 1. The average Bonchev–Trinajstić information content (AvgIpc) is 2.81. The highest BCUT2D eigenvalue weighted by Gasteiger charge is 2.46. The minimum atomic E-state index is -0.937. The molecule has 0 bridgehead atoms. The zero-order valence-electron chi connectivity index (χ0n) is 12.7. The van der Waals surface area contributed by atoms with Gasteiger partial charge in [0.25, 0.3) is 5.91 Å². The van der Waals surface area contributed by atoms with Gasteiger partial charge in [-0.15, -0.1) is 0 Å². The van der Waals surface area contributed by atoms with Gasteiger partial charge >= 0.3 is 0 Å².